The molecule has 0 unspecified atom stereocenters. The van der Waals surface area contributed by atoms with Crippen molar-refractivity contribution in [2.45, 2.75) is 83.8 Å². The Kier molecular flexibility index (Phi) is 3.61. The van der Waals surface area contributed by atoms with E-state index in [2.05, 4.69) is 19.9 Å². The summed E-state index contributed by atoms with van der Waals surface area (Å²) in [7, 11) is 0. The predicted molar refractivity (Wildman–Crippen MR) is 93.3 cm³/mol. The lowest BCUT2D eigenvalue weighted by atomic mass is 9.46. The van der Waals surface area contributed by atoms with Crippen LogP contribution in [-0.2, 0) is 4.79 Å². The Morgan fingerprint density at radius 1 is 1.08 bits per heavy atom. The monoisotopic (exact) mass is 332 g/mol. The van der Waals surface area contributed by atoms with Crippen molar-refractivity contribution < 1.29 is 15.0 Å². The Bertz CT molecular complexity index is 596. The zero-order chi connectivity index (χ0) is 17.3. The van der Waals surface area contributed by atoms with E-state index in [1.807, 2.05) is 0 Å². The highest BCUT2D eigenvalue weighted by Gasteiger charge is 2.65. The molecule has 7 atom stereocenters. The Labute approximate surface area is 145 Å². The van der Waals surface area contributed by atoms with Gasteiger partial charge in [-0.05, 0) is 81.5 Å². The molecule has 3 fully saturated rings. The molecule has 24 heavy (non-hydrogen) atoms. The van der Waals surface area contributed by atoms with Crippen LogP contribution in [-0.4, -0.2) is 27.7 Å². The van der Waals surface area contributed by atoms with Crippen LogP contribution in [0, 0.1) is 28.6 Å². The summed E-state index contributed by atoms with van der Waals surface area (Å²) in [4.78, 5) is 12.2. The van der Waals surface area contributed by atoms with Crippen LogP contribution in [0.2, 0.25) is 0 Å². The van der Waals surface area contributed by atoms with Gasteiger partial charge in [0.2, 0.25) is 0 Å². The molecule has 0 spiro atoms. The molecule has 0 aromatic carbocycles. The number of ketones is 1. The van der Waals surface area contributed by atoms with Gasteiger partial charge in [0.15, 0.2) is 5.78 Å². The van der Waals surface area contributed by atoms with E-state index in [1.54, 1.807) is 6.92 Å². The third kappa shape index (κ3) is 1.94. The number of hydrogen-bond acceptors (Lipinski definition) is 3. The second-order valence-corrected chi connectivity index (χ2v) is 9.54. The van der Waals surface area contributed by atoms with Crippen LogP contribution in [0.1, 0.15) is 72.1 Å². The van der Waals surface area contributed by atoms with Gasteiger partial charge < -0.3 is 10.2 Å². The molecule has 2 N–H and O–H groups in total. The van der Waals surface area contributed by atoms with E-state index in [0.29, 0.717) is 24.2 Å². The summed E-state index contributed by atoms with van der Waals surface area (Å²) < 4.78 is 0. The van der Waals surface area contributed by atoms with Crippen LogP contribution in [0.5, 0.6) is 0 Å². The van der Waals surface area contributed by atoms with Crippen LogP contribution in [0.25, 0.3) is 0 Å². The third-order valence-electron chi connectivity index (χ3n) is 8.82. The summed E-state index contributed by atoms with van der Waals surface area (Å²) in [5.74, 6) is 1.71. The fourth-order valence-electron chi connectivity index (χ4n) is 7.30. The summed E-state index contributed by atoms with van der Waals surface area (Å²) >= 11 is 0. The molecule has 0 heterocycles. The molecular weight excluding hydrogens is 300 g/mol. The van der Waals surface area contributed by atoms with Gasteiger partial charge in [-0.25, -0.2) is 0 Å². The Hall–Kier alpha value is -0.670. The fraction of sp³-hybridized carbons (Fsp3) is 0.857. The van der Waals surface area contributed by atoms with Gasteiger partial charge in [-0.15, -0.1) is 0 Å². The first-order valence-electron chi connectivity index (χ1n) is 9.85. The van der Waals surface area contributed by atoms with E-state index in [1.165, 1.54) is 5.57 Å². The number of fused-ring (bicyclic) bond motifs is 5. The Morgan fingerprint density at radius 3 is 2.50 bits per heavy atom. The number of Topliss-reactive ketones (excluding diaryl/α,β-unsaturated/α-hetero) is 1. The maximum Gasteiger partial charge on any atom is 0.161 e. The highest BCUT2D eigenvalue weighted by atomic mass is 16.3. The third-order valence-corrected chi connectivity index (χ3v) is 8.82. The number of allylic oxidation sites excluding steroid dienone is 1. The van der Waals surface area contributed by atoms with Crippen LogP contribution in [0.4, 0.5) is 0 Å². The minimum Gasteiger partial charge on any atom is -0.389 e. The van der Waals surface area contributed by atoms with E-state index >= 15 is 0 Å². The van der Waals surface area contributed by atoms with Gasteiger partial charge in [0, 0.05) is 5.41 Å². The zero-order valence-electron chi connectivity index (χ0n) is 15.3. The van der Waals surface area contributed by atoms with E-state index < -0.39 is 5.60 Å². The molecule has 4 aliphatic rings. The first-order chi connectivity index (χ1) is 11.2. The maximum atomic E-state index is 12.2. The van der Waals surface area contributed by atoms with Gasteiger partial charge in [0.05, 0.1) is 6.10 Å². The molecule has 0 aromatic rings. The molecule has 3 heteroatoms. The van der Waals surface area contributed by atoms with Crippen molar-refractivity contribution in [3.63, 3.8) is 0 Å². The largest absolute Gasteiger partial charge is 0.389 e. The summed E-state index contributed by atoms with van der Waals surface area (Å²) in [6.45, 7) is 6.17. The van der Waals surface area contributed by atoms with Gasteiger partial charge >= 0.3 is 0 Å². The van der Waals surface area contributed by atoms with Crippen LogP contribution < -0.4 is 0 Å². The molecule has 0 bridgehead atoms. The molecule has 0 aromatic heterocycles. The molecule has 3 nitrogen and oxygen atoms in total. The quantitative estimate of drug-likeness (QED) is 0.721. The Balaban J connectivity index is 1.69. The number of carbonyl (C=O) groups excluding carboxylic acids is 1. The summed E-state index contributed by atoms with van der Waals surface area (Å²) in [5.41, 5.74) is 0.347. The smallest absolute Gasteiger partial charge is 0.161 e. The van der Waals surface area contributed by atoms with Gasteiger partial charge in [0.25, 0.3) is 0 Å². The SMILES string of the molecule is CC(=O)[C@@]1(O)CC[C@H]2[C@@H]3CCC4=C[C@@H](O)CC[C@]4(C)[C@H]3CC[C@@]21C. The molecule has 4 rings (SSSR count). The normalized spacial score (nSPS) is 53.6. The summed E-state index contributed by atoms with van der Waals surface area (Å²) in [6, 6.07) is 0. The zero-order valence-corrected chi connectivity index (χ0v) is 15.3. The lowest BCUT2D eigenvalue weighted by Crippen LogP contribution is -2.57. The fourth-order valence-corrected chi connectivity index (χ4v) is 7.30. The maximum absolute atomic E-state index is 12.2. The van der Waals surface area contributed by atoms with Crippen molar-refractivity contribution in [1.82, 2.24) is 0 Å². The molecular formula is C21H32O3. The van der Waals surface area contributed by atoms with Crippen molar-refractivity contribution in [2.24, 2.45) is 28.6 Å². The van der Waals surface area contributed by atoms with Gasteiger partial charge in [0.1, 0.15) is 5.60 Å². The average Bonchev–Trinajstić information content (AvgIpc) is 2.81. The molecule has 3 saturated carbocycles. The number of rotatable bonds is 1. The van der Waals surface area contributed by atoms with Crippen molar-refractivity contribution in [3.05, 3.63) is 11.6 Å². The van der Waals surface area contributed by atoms with Gasteiger partial charge in [-0.1, -0.05) is 25.5 Å². The number of carbonyl (C=O) groups is 1. The van der Waals surface area contributed by atoms with E-state index in [9.17, 15) is 15.0 Å². The van der Waals surface area contributed by atoms with Crippen molar-refractivity contribution in [2.75, 3.05) is 0 Å². The lowest BCUT2D eigenvalue weighted by Gasteiger charge is -2.59. The van der Waals surface area contributed by atoms with Gasteiger partial charge in [-0.3, -0.25) is 4.79 Å². The van der Waals surface area contributed by atoms with E-state index in [-0.39, 0.29) is 22.7 Å². The molecule has 0 amide bonds. The van der Waals surface area contributed by atoms with E-state index in [0.717, 1.165) is 44.9 Å². The second-order valence-electron chi connectivity index (χ2n) is 9.54. The van der Waals surface area contributed by atoms with E-state index in [4.69, 9.17) is 0 Å². The first kappa shape index (κ1) is 16.8. The summed E-state index contributed by atoms with van der Waals surface area (Å²) in [5, 5.41) is 21.2. The second kappa shape index (κ2) is 5.17. The lowest BCUT2D eigenvalue weighted by molar-refractivity contribution is -0.160. The predicted octanol–water partition coefficient (Wildman–Crippen LogP) is 3.63. The molecule has 0 aliphatic heterocycles. The first-order valence-corrected chi connectivity index (χ1v) is 9.85. The van der Waals surface area contributed by atoms with Crippen molar-refractivity contribution >= 4 is 5.78 Å². The van der Waals surface area contributed by atoms with Crippen molar-refractivity contribution in [1.29, 1.82) is 0 Å². The minimum absolute atomic E-state index is 0.0330. The minimum atomic E-state index is -1.11. The highest BCUT2D eigenvalue weighted by Crippen LogP contribution is 2.67. The van der Waals surface area contributed by atoms with Crippen molar-refractivity contribution in [3.8, 4) is 0 Å². The van der Waals surface area contributed by atoms with Crippen LogP contribution in [0.15, 0.2) is 11.6 Å². The van der Waals surface area contributed by atoms with Gasteiger partial charge in [-0.2, -0.15) is 0 Å². The van der Waals surface area contributed by atoms with Crippen LogP contribution in [0.3, 0.4) is 0 Å². The standard InChI is InChI=1S/C21H32O3/c1-13(22)21(24)11-8-18-16-5-4-14-12-15(23)6-9-19(14,2)17(16)7-10-20(18,21)3/h12,15-18,23-24H,4-11H2,1-3H3/t15-,16+,17-,18-,19-,20-,21-/m0/s1. The number of hydrogen-bond donors (Lipinski definition) is 2. The number of aliphatic hydroxyl groups is 2. The molecule has 134 valence electrons. The Morgan fingerprint density at radius 2 is 1.79 bits per heavy atom. The number of aliphatic hydroxyl groups excluding tert-OH is 1. The average molecular weight is 332 g/mol. The molecule has 0 radical (unpaired) electrons. The molecule has 0 saturated heterocycles. The highest BCUT2D eigenvalue weighted by molar-refractivity contribution is 5.86. The van der Waals surface area contributed by atoms with Crippen LogP contribution >= 0.6 is 0 Å². The summed E-state index contributed by atoms with van der Waals surface area (Å²) in [6.07, 6.45) is 9.78. The topological polar surface area (TPSA) is 57.5 Å². The molecule has 4 aliphatic carbocycles.